The first-order chi connectivity index (χ1) is 9.18. The molecule has 0 aliphatic rings. The molecule has 0 aromatic heterocycles. The SMILES string of the molecule is CN(C)CCCNC(=S)NCCCc1ccccc1. The molecular formula is C15H25N3S. The second-order valence-corrected chi connectivity index (χ2v) is 5.34. The zero-order valence-electron chi connectivity index (χ0n) is 12.0. The van der Waals surface area contributed by atoms with E-state index in [1.54, 1.807) is 0 Å². The standard InChI is InChI=1S/C15H25N3S/c1-18(2)13-7-12-17-15(19)16-11-6-10-14-8-4-3-5-9-14/h3-5,8-9H,6-7,10-13H2,1-2H3,(H2,16,17,19). The molecule has 0 atom stereocenters. The summed E-state index contributed by atoms with van der Waals surface area (Å²) in [6.07, 6.45) is 3.31. The molecule has 0 saturated heterocycles. The Balaban J connectivity index is 1.98. The number of nitrogens with zero attached hydrogens (tertiary/aromatic N) is 1. The van der Waals surface area contributed by atoms with Crippen LogP contribution in [0.1, 0.15) is 18.4 Å². The van der Waals surface area contributed by atoms with Crippen LogP contribution in [0, 0.1) is 0 Å². The van der Waals surface area contributed by atoms with Crippen molar-refractivity contribution < 1.29 is 0 Å². The van der Waals surface area contributed by atoms with E-state index >= 15 is 0 Å². The van der Waals surface area contributed by atoms with E-state index in [1.165, 1.54) is 5.56 Å². The molecular weight excluding hydrogens is 254 g/mol. The highest BCUT2D eigenvalue weighted by Gasteiger charge is 1.96. The zero-order valence-corrected chi connectivity index (χ0v) is 12.8. The van der Waals surface area contributed by atoms with Gasteiger partial charge < -0.3 is 15.5 Å². The fourth-order valence-electron chi connectivity index (χ4n) is 1.80. The maximum Gasteiger partial charge on any atom is 0.166 e. The quantitative estimate of drug-likeness (QED) is 0.562. The number of hydrogen-bond acceptors (Lipinski definition) is 2. The molecule has 0 aliphatic carbocycles. The van der Waals surface area contributed by atoms with Crippen LogP contribution in [0.3, 0.4) is 0 Å². The predicted molar refractivity (Wildman–Crippen MR) is 86.5 cm³/mol. The molecule has 0 amide bonds. The minimum Gasteiger partial charge on any atom is -0.363 e. The Morgan fingerprint density at radius 1 is 1.05 bits per heavy atom. The van der Waals surface area contributed by atoms with Crippen LogP contribution in [-0.4, -0.2) is 43.7 Å². The Hall–Kier alpha value is -1.13. The molecule has 1 aromatic rings. The van der Waals surface area contributed by atoms with Crippen molar-refractivity contribution in [2.24, 2.45) is 0 Å². The van der Waals surface area contributed by atoms with Crippen LogP contribution in [0.15, 0.2) is 30.3 Å². The van der Waals surface area contributed by atoms with E-state index < -0.39 is 0 Å². The van der Waals surface area contributed by atoms with Gasteiger partial charge in [-0.25, -0.2) is 0 Å². The zero-order chi connectivity index (χ0) is 13.9. The summed E-state index contributed by atoms with van der Waals surface area (Å²) in [5.41, 5.74) is 1.38. The van der Waals surface area contributed by atoms with Crippen LogP contribution in [-0.2, 0) is 6.42 Å². The maximum absolute atomic E-state index is 5.23. The number of thiocarbonyl (C=S) groups is 1. The molecule has 3 nitrogen and oxygen atoms in total. The molecule has 0 aliphatic heterocycles. The first-order valence-corrected chi connectivity index (χ1v) is 7.29. The van der Waals surface area contributed by atoms with Crippen molar-refractivity contribution in [1.29, 1.82) is 0 Å². The molecule has 0 saturated carbocycles. The second kappa shape index (κ2) is 9.75. The van der Waals surface area contributed by atoms with Gasteiger partial charge in [-0.1, -0.05) is 30.3 Å². The maximum atomic E-state index is 5.23. The molecule has 1 rings (SSSR count). The lowest BCUT2D eigenvalue weighted by atomic mass is 10.1. The van der Waals surface area contributed by atoms with Gasteiger partial charge in [0.25, 0.3) is 0 Å². The van der Waals surface area contributed by atoms with Crippen molar-refractivity contribution >= 4 is 17.3 Å². The molecule has 0 heterocycles. The third kappa shape index (κ3) is 8.56. The highest BCUT2D eigenvalue weighted by Crippen LogP contribution is 2.01. The number of nitrogens with one attached hydrogen (secondary N) is 2. The Morgan fingerprint density at radius 2 is 1.68 bits per heavy atom. The minimum atomic E-state index is 0.770. The van der Waals surface area contributed by atoms with Gasteiger partial charge in [-0.3, -0.25) is 0 Å². The van der Waals surface area contributed by atoms with Crippen LogP contribution >= 0.6 is 12.2 Å². The van der Waals surface area contributed by atoms with Gasteiger partial charge in [-0.15, -0.1) is 0 Å². The van der Waals surface area contributed by atoms with E-state index in [9.17, 15) is 0 Å². The van der Waals surface area contributed by atoms with Gasteiger partial charge in [0.1, 0.15) is 0 Å². The summed E-state index contributed by atoms with van der Waals surface area (Å²) < 4.78 is 0. The molecule has 1 aromatic carbocycles. The summed E-state index contributed by atoms with van der Waals surface area (Å²) in [6.45, 7) is 2.95. The van der Waals surface area contributed by atoms with Gasteiger partial charge in [0.2, 0.25) is 0 Å². The molecule has 106 valence electrons. The molecule has 0 bridgehead atoms. The van der Waals surface area contributed by atoms with Crippen molar-refractivity contribution in [3.8, 4) is 0 Å². The third-order valence-electron chi connectivity index (χ3n) is 2.84. The largest absolute Gasteiger partial charge is 0.363 e. The number of hydrogen-bond donors (Lipinski definition) is 2. The van der Waals surface area contributed by atoms with E-state index in [-0.39, 0.29) is 0 Å². The fourth-order valence-corrected chi connectivity index (χ4v) is 2.00. The highest BCUT2D eigenvalue weighted by molar-refractivity contribution is 7.80. The molecule has 0 radical (unpaired) electrons. The Labute approximate surface area is 122 Å². The summed E-state index contributed by atoms with van der Waals surface area (Å²) in [5, 5.41) is 7.25. The Kier molecular flexibility index (Phi) is 8.18. The summed E-state index contributed by atoms with van der Waals surface area (Å²) in [5.74, 6) is 0. The molecule has 0 fully saturated rings. The topological polar surface area (TPSA) is 27.3 Å². The lowest BCUT2D eigenvalue weighted by molar-refractivity contribution is 0.400. The molecule has 0 spiro atoms. The Morgan fingerprint density at radius 3 is 2.32 bits per heavy atom. The van der Waals surface area contributed by atoms with Crippen LogP contribution in [0.2, 0.25) is 0 Å². The van der Waals surface area contributed by atoms with Crippen LogP contribution in [0.4, 0.5) is 0 Å². The van der Waals surface area contributed by atoms with Crippen molar-refractivity contribution in [1.82, 2.24) is 15.5 Å². The Bertz CT molecular complexity index is 352. The van der Waals surface area contributed by atoms with E-state index in [0.717, 1.165) is 44.0 Å². The van der Waals surface area contributed by atoms with Gasteiger partial charge in [-0.05, 0) is 57.7 Å². The van der Waals surface area contributed by atoms with Gasteiger partial charge >= 0.3 is 0 Å². The average Bonchev–Trinajstić information content (AvgIpc) is 2.41. The number of rotatable bonds is 8. The summed E-state index contributed by atoms with van der Waals surface area (Å²) in [6, 6.07) is 10.5. The molecule has 19 heavy (non-hydrogen) atoms. The van der Waals surface area contributed by atoms with Crippen LogP contribution < -0.4 is 10.6 Å². The normalized spacial score (nSPS) is 10.5. The number of aryl methyl sites for hydroxylation is 1. The highest BCUT2D eigenvalue weighted by atomic mass is 32.1. The van der Waals surface area contributed by atoms with Gasteiger partial charge in [0, 0.05) is 13.1 Å². The van der Waals surface area contributed by atoms with Crippen LogP contribution in [0.5, 0.6) is 0 Å². The fraction of sp³-hybridized carbons (Fsp3) is 0.533. The molecule has 4 heteroatoms. The van der Waals surface area contributed by atoms with Crippen molar-refractivity contribution in [3.63, 3.8) is 0 Å². The van der Waals surface area contributed by atoms with E-state index in [1.807, 2.05) is 0 Å². The van der Waals surface area contributed by atoms with Crippen LogP contribution in [0.25, 0.3) is 0 Å². The monoisotopic (exact) mass is 279 g/mol. The minimum absolute atomic E-state index is 0.770. The molecule has 2 N–H and O–H groups in total. The molecule has 0 unspecified atom stereocenters. The average molecular weight is 279 g/mol. The van der Waals surface area contributed by atoms with Gasteiger partial charge in [-0.2, -0.15) is 0 Å². The lowest BCUT2D eigenvalue weighted by Gasteiger charge is -2.12. The summed E-state index contributed by atoms with van der Waals surface area (Å²) >= 11 is 5.23. The van der Waals surface area contributed by atoms with Crippen molar-refractivity contribution in [3.05, 3.63) is 35.9 Å². The smallest absolute Gasteiger partial charge is 0.166 e. The second-order valence-electron chi connectivity index (χ2n) is 4.93. The van der Waals surface area contributed by atoms with E-state index in [0.29, 0.717) is 0 Å². The van der Waals surface area contributed by atoms with Crippen molar-refractivity contribution in [2.75, 3.05) is 33.7 Å². The van der Waals surface area contributed by atoms with Crippen molar-refractivity contribution in [2.45, 2.75) is 19.3 Å². The van der Waals surface area contributed by atoms with Gasteiger partial charge in [0.05, 0.1) is 0 Å². The summed E-state index contributed by atoms with van der Waals surface area (Å²) in [4.78, 5) is 2.18. The number of benzene rings is 1. The lowest BCUT2D eigenvalue weighted by Crippen LogP contribution is -2.37. The third-order valence-corrected chi connectivity index (χ3v) is 3.13. The predicted octanol–water partition coefficient (Wildman–Crippen LogP) is 2.03. The first kappa shape index (κ1) is 15.9. The first-order valence-electron chi connectivity index (χ1n) is 6.89. The summed E-state index contributed by atoms with van der Waals surface area (Å²) in [7, 11) is 4.17. The van der Waals surface area contributed by atoms with E-state index in [2.05, 4.69) is 60.0 Å². The van der Waals surface area contributed by atoms with Gasteiger partial charge in [0.15, 0.2) is 5.11 Å². The van der Waals surface area contributed by atoms with E-state index in [4.69, 9.17) is 12.2 Å².